The summed E-state index contributed by atoms with van der Waals surface area (Å²) in [6, 6.07) is 0. The van der Waals surface area contributed by atoms with Crippen molar-refractivity contribution in [2.45, 2.75) is 139 Å². The van der Waals surface area contributed by atoms with Gasteiger partial charge < -0.3 is 53.6 Å². The fraction of sp³-hybridized carbons (Fsp3) is 0.560. The second-order valence-corrected chi connectivity index (χ2v) is 16.5. The maximum absolute atomic E-state index is 14.2. The van der Waals surface area contributed by atoms with E-state index in [1.165, 1.54) is 6.92 Å². The van der Waals surface area contributed by atoms with Crippen molar-refractivity contribution in [2.75, 3.05) is 39.3 Å². The predicted molar refractivity (Wildman–Crippen MR) is 262 cm³/mol. The summed E-state index contributed by atoms with van der Waals surface area (Å²) in [7, 11) is 0. The number of amides is 10. The highest BCUT2D eigenvalue weighted by Gasteiger charge is 2.38. The third kappa shape index (κ3) is 29.0. The number of terminal acetylenes is 6. The van der Waals surface area contributed by atoms with Gasteiger partial charge in [0.25, 0.3) is 0 Å². The summed E-state index contributed by atoms with van der Waals surface area (Å²) in [5.41, 5.74) is 1.42. The monoisotopic (exact) mass is 969 g/mol. The van der Waals surface area contributed by atoms with Gasteiger partial charge in [0.1, 0.15) is 0 Å². The maximum atomic E-state index is 14.2. The Hall–Kier alpha value is -7.94. The number of nitrogens with two attached hydrogens (primary N) is 1. The lowest BCUT2D eigenvalue weighted by molar-refractivity contribution is -0.128. The molecule has 0 rings (SSSR count). The lowest BCUT2D eigenvalue weighted by atomic mass is 9.80. The predicted octanol–water partition coefficient (Wildman–Crippen LogP) is -1.43. The molecule has 378 valence electrons. The highest BCUT2D eigenvalue weighted by atomic mass is 16.2. The van der Waals surface area contributed by atoms with Crippen LogP contribution in [0.25, 0.3) is 0 Å². The Labute approximate surface area is 412 Å². The minimum atomic E-state index is -1.43. The lowest BCUT2D eigenvalue weighted by Crippen LogP contribution is -2.53. The molecular formula is C50H68N10O10. The van der Waals surface area contributed by atoms with Crippen molar-refractivity contribution in [1.82, 2.24) is 47.9 Å². The minimum absolute atomic E-state index is 0.0525. The summed E-state index contributed by atoms with van der Waals surface area (Å²) in [5, 5.41) is 24.0. The molecule has 0 saturated heterocycles. The van der Waals surface area contributed by atoms with Gasteiger partial charge in [-0.2, -0.15) is 0 Å². The zero-order valence-corrected chi connectivity index (χ0v) is 40.1. The van der Waals surface area contributed by atoms with Gasteiger partial charge in [-0.25, -0.2) is 0 Å². The van der Waals surface area contributed by atoms with E-state index in [9.17, 15) is 47.9 Å². The molecule has 0 aliphatic carbocycles. The Bertz CT molecular complexity index is 1800. The molecule has 0 atom stereocenters. The van der Waals surface area contributed by atoms with Crippen LogP contribution in [0.5, 0.6) is 0 Å². The normalized spacial score (nSPS) is 10.6. The van der Waals surface area contributed by atoms with Gasteiger partial charge in [-0.3, -0.25) is 47.9 Å². The molecule has 0 aromatic rings. The van der Waals surface area contributed by atoms with Crippen molar-refractivity contribution in [1.29, 1.82) is 0 Å². The van der Waals surface area contributed by atoms with Crippen LogP contribution in [0, 0.1) is 74.1 Å². The van der Waals surface area contributed by atoms with Crippen molar-refractivity contribution < 1.29 is 47.9 Å². The molecule has 0 spiro atoms. The molecule has 0 aliphatic heterocycles. The molecule has 0 aliphatic rings. The molecule has 20 heteroatoms. The number of carbonyl (C=O) groups excluding carboxylic acids is 10. The minimum Gasteiger partial charge on any atom is -0.370 e. The molecule has 0 radical (unpaired) electrons. The van der Waals surface area contributed by atoms with Crippen molar-refractivity contribution in [3.8, 4) is 74.1 Å². The van der Waals surface area contributed by atoms with Gasteiger partial charge in [0.2, 0.25) is 59.1 Å². The highest BCUT2D eigenvalue weighted by Crippen LogP contribution is 2.31. The van der Waals surface area contributed by atoms with Gasteiger partial charge in [0, 0.05) is 81.3 Å². The zero-order valence-electron chi connectivity index (χ0n) is 40.1. The Morgan fingerprint density at radius 2 is 0.514 bits per heavy atom. The van der Waals surface area contributed by atoms with Crippen LogP contribution in [0.4, 0.5) is 0 Å². The highest BCUT2D eigenvalue weighted by molar-refractivity contribution is 5.82. The van der Waals surface area contributed by atoms with Gasteiger partial charge >= 0.3 is 0 Å². The Kier molecular flexibility index (Phi) is 31.2. The topological polar surface area (TPSA) is 305 Å². The molecule has 0 fully saturated rings. The van der Waals surface area contributed by atoms with Gasteiger partial charge in [-0.15, -0.1) is 38.5 Å². The summed E-state index contributed by atoms with van der Waals surface area (Å²) in [5.74, 6) is 8.44. The standard InChI is InChI=1S/C50H68N10O10/c1-8-32-52-40(63)15-24-49(25-16-41(64)53-33-9-2,26-17-42(65)54-34-10-3)59-46(69)21-30-48(58-38(7)61,23-14-39(51)62)31-22-47(70)60-50(27-18-43(66)55-35-11-4,28-19-44(67)56-36-12-5)29-20-45(68)57-37-13-6/h1-6H,14-37H2,7H3,(H2,51,62)(H,52,63)(H,53,64)(H,54,65)(H,55,66)(H,56,67)(H,57,68)(H,58,61)(H,59,69)(H,60,70). The van der Waals surface area contributed by atoms with Gasteiger partial charge in [0.05, 0.1) is 39.3 Å². The fourth-order valence-electron chi connectivity index (χ4n) is 7.39. The third-order valence-electron chi connectivity index (χ3n) is 11.1. The molecule has 0 aromatic heterocycles. The molecule has 0 heterocycles. The van der Waals surface area contributed by atoms with Crippen LogP contribution in [0.1, 0.15) is 122 Å². The van der Waals surface area contributed by atoms with Crippen LogP contribution in [0.2, 0.25) is 0 Å². The van der Waals surface area contributed by atoms with Crippen LogP contribution in [-0.4, -0.2) is 115 Å². The molecule has 20 nitrogen and oxygen atoms in total. The summed E-state index contributed by atoms with van der Waals surface area (Å²) < 4.78 is 0. The van der Waals surface area contributed by atoms with Crippen LogP contribution in [0.3, 0.4) is 0 Å². The van der Waals surface area contributed by atoms with Crippen molar-refractivity contribution >= 4 is 59.1 Å². The van der Waals surface area contributed by atoms with Crippen LogP contribution >= 0.6 is 0 Å². The summed E-state index contributed by atoms with van der Waals surface area (Å²) in [6.07, 6.45) is 29.0. The quantitative estimate of drug-likeness (QED) is 0.0327. The molecule has 11 N–H and O–H groups in total. The first-order valence-electron chi connectivity index (χ1n) is 22.7. The van der Waals surface area contributed by atoms with Crippen molar-refractivity contribution in [3.05, 3.63) is 0 Å². The molecule has 0 saturated carbocycles. The van der Waals surface area contributed by atoms with E-state index in [-0.39, 0.29) is 155 Å². The average molecular weight is 969 g/mol. The molecule has 0 unspecified atom stereocenters. The van der Waals surface area contributed by atoms with E-state index in [2.05, 4.69) is 83.4 Å². The van der Waals surface area contributed by atoms with Crippen molar-refractivity contribution in [3.63, 3.8) is 0 Å². The van der Waals surface area contributed by atoms with Crippen LogP contribution in [0.15, 0.2) is 0 Å². The number of primary amides is 1. The molecule has 0 aromatic carbocycles. The zero-order chi connectivity index (χ0) is 52.9. The number of nitrogens with one attached hydrogen (secondary N) is 9. The second-order valence-electron chi connectivity index (χ2n) is 16.5. The largest absolute Gasteiger partial charge is 0.370 e. The number of rotatable bonds is 36. The van der Waals surface area contributed by atoms with E-state index < -0.39 is 75.7 Å². The molecular weight excluding hydrogens is 901 g/mol. The van der Waals surface area contributed by atoms with E-state index >= 15 is 0 Å². The van der Waals surface area contributed by atoms with Crippen molar-refractivity contribution in [2.24, 2.45) is 5.73 Å². The SMILES string of the molecule is C#CCNC(=O)CCC(CCC(=O)NCC#C)(CCC(=O)NCC#C)NC(=O)CCC(CCC(N)=O)(CCC(=O)NC(CCC(=O)NCC#C)(CCC(=O)NCC#C)CCC(=O)NCC#C)NC(C)=O. The van der Waals surface area contributed by atoms with E-state index in [1.807, 2.05) is 0 Å². The van der Waals surface area contributed by atoms with Crippen LogP contribution < -0.4 is 53.6 Å². The van der Waals surface area contributed by atoms with E-state index in [0.717, 1.165) is 0 Å². The van der Waals surface area contributed by atoms with E-state index in [0.29, 0.717) is 0 Å². The smallest absolute Gasteiger partial charge is 0.220 e. The first kappa shape index (κ1) is 62.1. The van der Waals surface area contributed by atoms with Crippen LogP contribution in [-0.2, 0) is 47.9 Å². The Morgan fingerprint density at radius 1 is 0.329 bits per heavy atom. The van der Waals surface area contributed by atoms with E-state index in [1.54, 1.807) is 0 Å². The maximum Gasteiger partial charge on any atom is 0.220 e. The first-order valence-corrected chi connectivity index (χ1v) is 22.7. The first-order chi connectivity index (χ1) is 33.3. The van der Waals surface area contributed by atoms with Gasteiger partial charge in [-0.05, 0) is 57.8 Å². The van der Waals surface area contributed by atoms with Gasteiger partial charge in [-0.1, -0.05) is 35.5 Å². The summed E-state index contributed by atoms with van der Waals surface area (Å²) in [4.78, 5) is 130. The number of hydrogen-bond donors (Lipinski definition) is 10. The van der Waals surface area contributed by atoms with Gasteiger partial charge in [0.15, 0.2) is 0 Å². The average Bonchev–Trinajstić information content (AvgIpc) is 3.33. The number of hydrogen-bond acceptors (Lipinski definition) is 10. The fourth-order valence-corrected chi connectivity index (χ4v) is 7.39. The van der Waals surface area contributed by atoms with E-state index in [4.69, 9.17) is 44.3 Å². The summed E-state index contributed by atoms with van der Waals surface area (Å²) in [6.45, 7) is 0.764. The lowest BCUT2D eigenvalue weighted by Gasteiger charge is -2.38. The molecule has 70 heavy (non-hydrogen) atoms. The Morgan fingerprint density at radius 3 is 0.700 bits per heavy atom. The summed E-state index contributed by atoms with van der Waals surface area (Å²) >= 11 is 0. The third-order valence-corrected chi connectivity index (χ3v) is 11.1. The molecule has 0 bridgehead atoms. The number of carbonyl (C=O) groups is 10. The second kappa shape index (κ2) is 35.2. The molecule has 10 amide bonds. The Balaban J connectivity index is 7.10.